The molecule has 0 aromatic heterocycles. The fraction of sp³-hybridized carbons (Fsp3) is 0.133. The molecule has 86 valence electrons. The van der Waals surface area contributed by atoms with Gasteiger partial charge in [0.05, 0.1) is 0 Å². The normalized spacial score (nSPS) is 10.2. The molecule has 0 fully saturated rings. The Hall–Kier alpha value is -2.09. The van der Waals surface area contributed by atoms with Crippen LogP contribution in [0.1, 0.15) is 27.0 Å². The lowest BCUT2D eigenvalue weighted by molar-refractivity contribution is 0.103. The van der Waals surface area contributed by atoms with Gasteiger partial charge in [0.2, 0.25) is 0 Å². The molecule has 2 heteroatoms. The maximum atomic E-state index is 12.3. The van der Waals surface area contributed by atoms with Crippen molar-refractivity contribution in [3.63, 3.8) is 0 Å². The van der Waals surface area contributed by atoms with E-state index in [1.807, 2.05) is 50.2 Å². The zero-order chi connectivity index (χ0) is 12.4. The number of hydrogen-bond acceptors (Lipinski definition) is 2. The summed E-state index contributed by atoms with van der Waals surface area (Å²) in [6.45, 7) is 3.92. The van der Waals surface area contributed by atoms with Crippen LogP contribution in [0.2, 0.25) is 0 Å². The lowest BCUT2D eigenvalue weighted by Gasteiger charge is -2.06. The molecule has 0 saturated carbocycles. The molecule has 0 aliphatic heterocycles. The number of ketones is 1. The number of nitrogen functional groups attached to an aromatic ring is 1. The highest BCUT2D eigenvalue weighted by Crippen LogP contribution is 2.18. The third kappa shape index (κ3) is 2.36. The highest BCUT2D eigenvalue weighted by atomic mass is 16.1. The maximum Gasteiger partial charge on any atom is 0.195 e. The SMILES string of the molecule is Cc1cccc(C(=O)c2cc(C)ccc2N)c1. The van der Waals surface area contributed by atoms with Gasteiger partial charge in [-0.05, 0) is 32.0 Å². The summed E-state index contributed by atoms with van der Waals surface area (Å²) in [5.74, 6) is -0.0186. The topological polar surface area (TPSA) is 43.1 Å². The largest absolute Gasteiger partial charge is 0.398 e. The van der Waals surface area contributed by atoms with Gasteiger partial charge in [0, 0.05) is 16.8 Å². The van der Waals surface area contributed by atoms with Crippen LogP contribution < -0.4 is 5.73 Å². The molecule has 0 radical (unpaired) electrons. The first kappa shape index (κ1) is 11.4. The Morgan fingerprint density at radius 1 is 1.00 bits per heavy atom. The van der Waals surface area contributed by atoms with Gasteiger partial charge in [0.15, 0.2) is 5.78 Å². The van der Waals surface area contributed by atoms with Crippen molar-refractivity contribution >= 4 is 11.5 Å². The van der Waals surface area contributed by atoms with E-state index < -0.39 is 0 Å². The van der Waals surface area contributed by atoms with Crippen LogP contribution in [0.3, 0.4) is 0 Å². The molecular formula is C15H15NO. The molecule has 2 nitrogen and oxygen atoms in total. The highest BCUT2D eigenvalue weighted by molar-refractivity contribution is 6.12. The average molecular weight is 225 g/mol. The standard InChI is InChI=1S/C15H15NO/c1-10-4-3-5-12(8-10)15(17)13-9-11(2)6-7-14(13)16/h3-9H,16H2,1-2H3. The molecule has 0 aliphatic carbocycles. The Morgan fingerprint density at radius 2 is 1.71 bits per heavy atom. The van der Waals surface area contributed by atoms with Crippen molar-refractivity contribution in [1.82, 2.24) is 0 Å². The predicted octanol–water partition coefficient (Wildman–Crippen LogP) is 3.12. The molecule has 17 heavy (non-hydrogen) atoms. The van der Waals surface area contributed by atoms with Gasteiger partial charge in [-0.25, -0.2) is 0 Å². The maximum absolute atomic E-state index is 12.3. The number of carbonyl (C=O) groups excluding carboxylic acids is 1. The summed E-state index contributed by atoms with van der Waals surface area (Å²) in [7, 11) is 0. The minimum Gasteiger partial charge on any atom is -0.398 e. The highest BCUT2D eigenvalue weighted by Gasteiger charge is 2.12. The van der Waals surface area contributed by atoms with E-state index >= 15 is 0 Å². The summed E-state index contributed by atoms with van der Waals surface area (Å²) < 4.78 is 0. The summed E-state index contributed by atoms with van der Waals surface area (Å²) in [6.07, 6.45) is 0. The van der Waals surface area contributed by atoms with Crippen molar-refractivity contribution in [3.8, 4) is 0 Å². The quantitative estimate of drug-likeness (QED) is 0.630. The first-order valence-electron chi connectivity index (χ1n) is 5.55. The van der Waals surface area contributed by atoms with Gasteiger partial charge in [0.1, 0.15) is 0 Å². The van der Waals surface area contributed by atoms with Crippen LogP contribution in [0.15, 0.2) is 42.5 Å². The lowest BCUT2D eigenvalue weighted by atomic mass is 9.99. The van der Waals surface area contributed by atoms with Crippen LogP contribution in [0, 0.1) is 13.8 Å². The number of carbonyl (C=O) groups is 1. The Bertz CT molecular complexity index is 573. The van der Waals surface area contributed by atoms with E-state index in [9.17, 15) is 4.79 Å². The van der Waals surface area contributed by atoms with Crippen molar-refractivity contribution in [1.29, 1.82) is 0 Å². The van der Waals surface area contributed by atoms with Crippen LogP contribution in [-0.2, 0) is 0 Å². The van der Waals surface area contributed by atoms with E-state index in [0.29, 0.717) is 16.8 Å². The van der Waals surface area contributed by atoms with Gasteiger partial charge in [-0.15, -0.1) is 0 Å². The van der Waals surface area contributed by atoms with Crippen LogP contribution in [-0.4, -0.2) is 5.78 Å². The molecule has 0 heterocycles. The van der Waals surface area contributed by atoms with Crippen molar-refractivity contribution < 1.29 is 4.79 Å². The fourth-order valence-electron chi connectivity index (χ4n) is 1.81. The Kier molecular flexibility index (Phi) is 2.96. The number of nitrogens with two attached hydrogens (primary N) is 1. The molecule has 0 amide bonds. The summed E-state index contributed by atoms with van der Waals surface area (Å²) in [4.78, 5) is 12.3. The minimum absolute atomic E-state index is 0.0186. The number of anilines is 1. The molecule has 2 rings (SSSR count). The summed E-state index contributed by atoms with van der Waals surface area (Å²) in [6, 6.07) is 13.1. The summed E-state index contributed by atoms with van der Waals surface area (Å²) in [5.41, 5.74) is 9.75. The molecule has 2 aromatic rings. The molecule has 0 saturated heterocycles. The first-order chi connectivity index (χ1) is 8.08. The van der Waals surface area contributed by atoms with Crippen molar-refractivity contribution in [2.24, 2.45) is 0 Å². The molecular weight excluding hydrogens is 210 g/mol. The predicted molar refractivity (Wildman–Crippen MR) is 70.2 cm³/mol. The Balaban J connectivity index is 2.47. The lowest BCUT2D eigenvalue weighted by Crippen LogP contribution is -2.05. The van der Waals surface area contributed by atoms with Crippen LogP contribution in [0.5, 0.6) is 0 Å². The zero-order valence-electron chi connectivity index (χ0n) is 10.0. The molecule has 0 aliphatic rings. The molecule has 0 atom stereocenters. The van der Waals surface area contributed by atoms with E-state index in [0.717, 1.165) is 11.1 Å². The van der Waals surface area contributed by atoms with Crippen molar-refractivity contribution in [2.45, 2.75) is 13.8 Å². The minimum atomic E-state index is -0.0186. The van der Waals surface area contributed by atoms with E-state index in [1.165, 1.54) is 0 Å². The molecule has 0 spiro atoms. The van der Waals surface area contributed by atoms with E-state index in [2.05, 4.69) is 0 Å². The van der Waals surface area contributed by atoms with Gasteiger partial charge in [-0.2, -0.15) is 0 Å². The van der Waals surface area contributed by atoms with Gasteiger partial charge in [0.25, 0.3) is 0 Å². The smallest absolute Gasteiger partial charge is 0.195 e. The van der Waals surface area contributed by atoms with Gasteiger partial charge in [-0.3, -0.25) is 4.79 Å². The van der Waals surface area contributed by atoms with Crippen molar-refractivity contribution in [2.75, 3.05) is 5.73 Å². The van der Waals surface area contributed by atoms with Gasteiger partial charge >= 0.3 is 0 Å². The second kappa shape index (κ2) is 4.42. The van der Waals surface area contributed by atoms with Crippen LogP contribution in [0.4, 0.5) is 5.69 Å². The molecule has 0 bridgehead atoms. The second-order valence-electron chi connectivity index (χ2n) is 4.29. The summed E-state index contributed by atoms with van der Waals surface area (Å²) >= 11 is 0. The molecule has 2 aromatic carbocycles. The van der Waals surface area contributed by atoms with E-state index in [1.54, 1.807) is 6.07 Å². The van der Waals surface area contributed by atoms with Crippen molar-refractivity contribution in [3.05, 3.63) is 64.7 Å². The third-order valence-corrected chi connectivity index (χ3v) is 2.73. The number of benzene rings is 2. The number of aryl methyl sites for hydroxylation is 2. The number of rotatable bonds is 2. The van der Waals surface area contributed by atoms with Crippen LogP contribution >= 0.6 is 0 Å². The fourth-order valence-corrected chi connectivity index (χ4v) is 1.81. The van der Waals surface area contributed by atoms with Gasteiger partial charge in [-0.1, -0.05) is 35.4 Å². The monoisotopic (exact) mass is 225 g/mol. The number of hydrogen-bond donors (Lipinski definition) is 1. The second-order valence-corrected chi connectivity index (χ2v) is 4.29. The molecule has 2 N–H and O–H groups in total. The summed E-state index contributed by atoms with van der Waals surface area (Å²) in [5, 5.41) is 0. The Morgan fingerprint density at radius 3 is 2.41 bits per heavy atom. The zero-order valence-corrected chi connectivity index (χ0v) is 10.0. The first-order valence-corrected chi connectivity index (χ1v) is 5.55. The Labute approximate surface area is 101 Å². The van der Waals surface area contributed by atoms with E-state index in [4.69, 9.17) is 5.73 Å². The van der Waals surface area contributed by atoms with E-state index in [-0.39, 0.29) is 5.78 Å². The molecule has 0 unspecified atom stereocenters. The van der Waals surface area contributed by atoms with Crippen LogP contribution in [0.25, 0.3) is 0 Å². The average Bonchev–Trinajstić information content (AvgIpc) is 2.31. The third-order valence-electron chi connectivity index (χ3n) is 2.73. The van der Waals surface area contributed by atoms with Gasteiger partial charge < -0.3 is 5.73 Å².